The molecular formula is C18H18N2O3. The predicted octanol–water partition coefficient (Wildman–Crippen LogP) is 3.46. The largest absolute Gasteiger partial charge is 0.490 e. The Morgan fingerprint density at radius 2 is 1.57 bits per heavy atom. The zero-order valence-corrected chi connectivity index (χ0v) is 12.8. The molecule has 2 N–H and O–H groups in total. The minimum Gasteiger partial charge on any atom is -0.490 e. The Bertz CT molecular complexity index is 691. The number of hydrogen-bond acceptors (Lipinski definition) is 3. The molecule has 0 saturated heterocycles. The number of amides is 2. The summed E-state index contributed by atoms with van der Waals surface area (Å²) in [4.78, 5) is 23.1. The molecule has 2 amide bonds. The molecule has 0 unspecified atom stereocenters. The van der Waals surface area contributed by atoms with Crippen LogP contribution in [0, 0.1) is 0 Å². The molecule has 0 fully saturated rings. The molecule has 0 aromatic heterocycles. The molecule has 0 aliphatic heterocycles. The van der Waals surface area contributed by atoms with Gasteiger partial charge in [0, 0.05) is 23.9 Å². The van der Waals surface area contributed by atoms with E-state index in [1.807, 2.05) is 0 Å². The number of benzene rings is 2. The van der Waals surface area contributed by atoms with Gasteiger partial charge >= 0.3 is 0 Å². The van der Waals surface area contributed by atoms with Crippen LogP contribution >= 0.6 is 0 Å². The van der Waals surface area contributed by atoms with E-state index in [2.05, 4.69) is 17.2 Å². The summed E-state index contributed by atoms with van der Waals surface area (Å²) in [6.07, 6.45) is 1.66. The van der Waals surface area contributed by atoms with Gasteiger partial charge in [0.25, 0.3) is 5.91 Å². The molecule has 0 heterocycles. The molecule has 0 saturated carbocycles. The van der Waals surface area contributed by atoms with Gasteiger partial charge in [0.05, 0.1) is 0 Å². The lowest BCUT2D eigenvalue weighted by Gasteiger charge is -2.08. The summed E-state index contributed by atoms with van der Waals surface area (Å²) in [6, 6.07) is 13.8. The third-order valence-corrected chi connectivity index (χ3v) is 2.95. The summed E-state index contributed by atoms with van der Waals surface area (Å²) in [6.45, 7) is 5.44. The highest BCUT2D eigenvalue weighted by atomic mass is 16.5. The highest BCUT2D eigenvalue weighted by Gasteiger charge is 2.06. The highest BCUT2D eigenvalue weighted by molar-refractivity contribution is 6.04. The lowest BCUT2D eigenvalue weighted by molar-refractivity contribution is -0.114. The maximum Gasteiger partial charge on any atom is 0.255 e. The van der Waals surface area contributed by atoms with Crippen molar-refractivity contribution in [1.29, 1.82) is 0 Å². The first kappa shape index (κ1) is 16.3. The second-order valence-electron chi connectivity index (χ2n) is 4.84. The van der Waals surface area contributed by atoms with Crippen LogP contribution in [0.5, 0.6) is 5.75 Å². The Hall–Kier alpha value is -3.08. The highest BCUT2D eigenvalue weighted by Crippen LogP contribution is 2.16. The van der Waals surface area contributed by atoms with Crippen LogP contribution in [-0.2, 0) is 4.79 Å². The molecule has 0 aliphatic rings. The van der Waals surface area contributed by atoms with E-state index in [0.29, 0.717) is 29.3 Å². The van der Waals surface area contributed by atoms with Gasteiger partial charge in [0.2, 0.25) is 5.91 Å². The number of carbonyl (C=O) groups excluding carboxylic acids is 2. The second-order valence-corrected chi connectivity index (χ2v) is 4.84. The van der Waals surface area contributed by atoms with Crippen molar-refractivity contribution in [2.75, 3.05) is 17.2 Å². The van der Waals surface area contributed by atoms with Gasteiger partial charge in [-0.3, -0.25) is 9.59 Å². The molecular weight excluding hydrogens is 292 g/mol. The maximum absolute atomic E-state index is 12.2. The van der Waals surface area contributed by atoms with E-state index < -0.39 is 0 Å². The molecule has 0 aliphatic carbocycles. The monoisotopic (exact) mass is 310 g/mol. The summed E-state index contributed by atoms with van der Waals surface area (Å²) in [5, 5.41) is 5.46. The summed E-state index contributed by atoms with van der Waals surface area (Å²) >= 11 is 0. The van der Waals surface area contributed by atoms with Gasteiger partial charge in [-0.2, -0.15) is 0 Å². The molecule has 118 valence electrons. The summed E-state index contributed by atoms with van der Waals surface area (Å²) in [5.41, 5.74) is 1.86. The van der Waals surface area contributed by atoms with Gasteiger partial charge in [-0.25, -0.2) is 0 Å². The van der Waals surface area contributed by atoms with Gasteiger partial charge in [-0.1, -0.05) is 12.7 Å². The Balaban J connectivity index is 1.98. The van der Waals surface area contributed by atoms with Crippen molar-refractivity contribution in [3.63, 3.8) is 0 Å². The van der Waals surface area contributed by atoms with E-state index in [1.165, 1.54) is 6.92 Å². The molecule has 23 heavy (non-hydrogen) atoms. The molecule has 0 radical (unpaired) electrons. The first-order valence-electron chi connectivity index (χ1n) is 7.11. The maximum atomic E-state index is 12.2. The van der Waals surface area contributed by atoms with Crippen LogP contribution in [0.15, 0.2) is 61.2 Å². The summed E-state index contributed by atoms with van der Waals surface area (Å²) < 4.78 is 5.37. The Kier molecular flexibility index (Phi) is 5.52. The van der Waals surface area contributed by atoms with Gasteiger partial charge in [0.15, 0.2) is 0 Å². The van der Waals surface area contributed by atoms with E-state index in [0.717, 1.165) is 0 Å². The molecule has 2 aromatic carbocycles. The molecule has 5 heteroatoms. The predicted molar refractivity (Wildman–Crippen MR) is 90.8 cm³/mol. The third kappa shape index (κ3) is 5.00. The molecule has 2 aromatic rings. The van der Waals surface area contributed by atoms with Gasteiger partial charge in [-0.05, 0) is 48.5 Å². The lowest BCUT2D eigenvalue weighted by Crippen LogP contribution is -2.12. The van der Waals surface area contributed by atoms with Crippen LogP contribution in [0.4, 0.5) is 11.4 Å². The van der Waals surface area contributed by atoms with E-state index in [1.54, 1.807) is 54.6 Å². The zero-order chi connectivity index (χ0) is 16.7. The zero-order valence-electron chi connectivity index (χ0n) is 12.8. The topological polar surface area (TPSA) is 67.4 Å². The number of ether oxygens (including phenoxy) is 1. The van der Waals surface area contributed by atoms with Crippen molar-refractivity contribution in [2.45, 2.75) is 6.92 Å². The SMILES string of the molecule is C=CCOc1ccc(C(=O)Nc2ccc(NC(C)=O)cc2)cc1. The van der Waals surface area contributed by atoms with E-state index in [-0.39, 0.29) is 11.8 Å². The Morgan fingerprint density at radius 3 is 2.09 bits per heavy atom. The molecule has 0 bridgehead atoms. The van der Waals surface area contributed by atoms with Crippen molar-refractivity contribution in [1.82, 2.24) is 0 Å². The van der Waals surface area contributed by atoms with Crippen molar-refractivity contribution < 1.29 is 14.3 Å². The summed E-state index contributed by atoms with van der Waals surface area (Å²) in [5.74, 6) is 0.328. The fourth-order valence-corrected chi connectivity index (χ4v) is 1.90. The molecule has 5 nitrogen and oxygen atoms in total. The average Bonchev–Trinajstić information content (AvgIpc) is 2.54. The third-order valence-electron chi connectivity index (χ3n) is 2.95. The van der Waals surface area contributed by atoms with E-state index in [9.17, 15) is 9.59 Å². The minimum absolute atomic E-state index is 0.138. The lowest BCUT2D eigenvalue weighted by atomic mass is 10.2. The van der Waals surface area contributed by atoms with Crippen molar-refractivity contribution >= 4 is 23.2 Å². The van der Waals surface area contributed by atoms with E-state index >= 15 is 0 Å². The molecule has 0 atom stereocenters. The number of carbonyl (C=O) groups is 2. The van der Waals surface area contributed by atoms with Crippen molar-refractivity contribution in [2.24, 2.45) is 0 Å². The summed E-state index contributed by atoms with van der Waals surface area (Å²) in [7, 11) is 0. The van der Waals surface area contributed by atoms with Gasteiger partial charge in [-0.15, -0.1) is 0 Å². The number of nitrogens with one attached hydrogen (secondary N) is 2. The Labute approximate surface area is 135 Å². The normalized spacial score (nSPS) is 9.78. The van der Waals surface area contributed by atoms with Crippen LogP contribution in [0.1, 0.15) is 17.3 Å². The van der Waals surface area contributed by atoms with Crippen molar-refractivity contribution in [3.8, 4) is 5.75 Å². The fraction of sp³-hybridized carbons (Fsp3) is 0.111. The average molecular weight is 310 g/mol. The van der Waals surface area contributed by atoms with Crippen LogP contribution in [0.3, 0.4) is 0 Å². The quantitative estimate of drug-likeness (QED) is 0.803. The van der Waals surface area contributed by atoms with Crippen LogP contribution in [0.25, 0.3) is 0 Å². The second kappa shape index (κ2) is 7.79. The molecule has 0 spiro atoms. The fourth-order valence-electron chi connectivity index (χ4n) is 1.90. The number of hydrogen-bond donors (Lipinski definition) is 2. The number of anilines is 2. The number of rotatable bonds is 6. The van der Waals surface area contributed by atoms with Gasteiger partial charge in [0.1, 0.15) is 12.4 Å². The van der Waals surface area contributed by atoms with Crippen molar-refractivity contribution in [3.05, 3.63) is 66.7 Å². The van der Waals surface area contributed by atoms with Crippen LogP contribution in [-0.4, -0.2) is 18.4 Å². The standard InChI is InChI=1S/C18H18N2O3/c1-3-12-23-17-10-4-14(5-11-17)18(22)20-16-8-6-15(7-9-16)19-13(2)21/h3-11H,1,12H2,2H3,(H,19,21)(H,20,22). The first-order valence-corrected chi connectivity index (χ1v) is 7.11. The Morgan fingerprint density at radius 1 is 1.00 bits per heavy atom. The van der Waals surface area contributed by atoms with Gasteiger partial charge < -0.3 is 15.4 Å². The van der Waals surface area contributed by atoms with Crippen LogP contribution in [0.2, 0.25) is 0 Å². The first-order chi connectivity index (χ1) is 11.1. The van der Waals surface area contributed by atoms with Crippen LogP contribution < -0.4 is 15.4 Å². The minimum atomic E-state index is -0.215. The van der Waals surface area contributed by atoms with E-state index in [4.69, 9.17) is 4.74 Å². The molecule has 2 rings (SSSR count). The smallest absolute Gasteiger partial charge is 0.255 e.